The third-order valence-corrected chi connectivity index (χ3v) is 1.52. The van der Waals surface area contributed by atoms with Crippen molar-refractivity contribution in [3.63, 3.8) is 0 Å². The van der Waals surface area contributed by atoms with E-state index in [0.717, 1.165) is 11.3 Å². The molecule has 3 nitrogen and oxygen atoms in total. The standard InChI is InChI=1S/C8H11NO2/c1-6-3-4-7(11-9)5-8(6)10-2/h3-5H,9H2,1-2H3. The van der Waals surface area contributed by atoms with Crippen LogP contribution < -0.4 is 15.5 Å². The number of benzene rings is 1. The van der Waals surface area contributed by atoms with E-state index in [4.69, 9.17) is 10.6 Å². The first-order valence-electron chi connectivity index (χ1n) is 3.29. The highest BCUT2D eigenvalue weighted by Crippen LogP contribution is 2.22. The van der Waals surface area contributed by atoms with Crippen LogP contribution in [0.2, 0.25) is 0 Å². The predicted octanol–water partition coefficient (Wildman–Crippen LogP) is 1.26. The van der Waals surface area contributed by atoms with E-state index in [-0.39, 0.29) is 0 Å². The van der Waals surface area contributed by atoms with E-state index >= 15 is 0 Å². The molecule has 0 aromatic heterocycles. The molecule has 0 saturated heterocycles. The Morgan fingerprint density at radius 1 is 1.36 bits per heavy atom. The Kier molecular flexibility index (Phi) is 2.33. The molecule has 11 heavy (non-hydrogen) atoms. The maximum atomic E-state index is 5.05. The van der Waals surface area contributed by atoms with Gasteiger partial charge in [-0.1, -0.05) is 6.07 Å². The molecule has 0 unspecified atom stereocenters. The molecule has 60 valence electrons. The first kappa shape index (κ1) is 7.88. The SMILES string of the molecule is COc1cc(ON)ccc1C. The van der Waals surface area contributed by atoms with Crippen molar-refractivity contribution in [1.82, 2.24) is 0 Å². The zero-order valence-electron chi connectivity index (χ0n) is 6.63. The van der Waals surface area contributed by atoms with Gasteiger partial charge in [-0.2, -0.15) is 5.90 Å². The van der Waals surface area contributed by atoms with E-state index in [1.807, 2.05) is 13.0 Å². The van der Waals surface area contributed by atoms with Crippen LogP contribution >= 0.6 is 0 Å². The zero-order valence-corrected chi connectivity index (χ0v) is 6.63. The fourth-order valence-electron chi connectivity index (χ4n) is 0.874. The lowest BCUT2D eigenvalue weighted by Crippen LogP contribution is -2.01. The third-order valence-electron chi connectivity index (χ3n) is 1.52. The second-order valence-corrected chi connectivity index (χ2v) is 2.25. The average Bonchev–Trinajstić information content (AvgIpc) is 2.05. The molecule has 1 rings (SSSR count). The maximum absolute atomic E-state index is 5.05. The molecule has 0 saturated carbocycles. The Morgan fingerprint density at radius 2 is 2.09 bits per heavy atom. The minimum absolute atomic E-state index is 0.604. The van der Waals surface area contributed by atoms with Gasteiger partial charge in [-0.05, 0) is 18.6 Å². The lowest BCUT2D eigenvalue weighted by Gasteiger charge is -2.05. The van der Waals surface area contributed by atoms with Gasteiger partial charge in [-0.3, -0.25) is 0 Å². The van der Waals surface area contributed by atoms with Crippen LogP contribution in [0.1, 0.15) is 5.56 Å². The largest absolute Gasteiger partial charge is 0.496 e. The summed E-state index contributed by atoms with van der Waals surface area (Å²) in [6.45, 7) is 1.96. The Bertz CT molecular complexity index is 248. The Labute approximate surface area is 65.7 Å². The summed E-state index contributed by atoms with van der Waals surface area (Å²) >= 11 is 0. The minimum atomic E-state index is 0.604. The van der Waals surface area contributed by atoms with E-state index in [1.165, 1.54) is 0 Å². The summed E-state index contributed by atoms with van der Waals surface area (Å²) in [7, 11) is 1.61. The number of nitrogens with two attached hydrogens (primary N) is 1. The van der Waals surface area contributed by atoms with Gasteiger partial charge in [0.2, 0.25) is 0 Å². The predicted molar refractivity (Wildman–Crippen MR) is 42.5 cm³/mol. The number of hydrogen-bond donors (Lipinski definition) is 1. The molecule has 0 aliphatic carbocycles. The monoisotopic (exact) mass is 153 g/mol. The molecule has 2 N–H and O–H groups in total. The molecule has 0 radical (unpaired) electrons. The quantitative estimate of drug-likeness (QED) is 0.650. The first-order valence-corrected chi connectivity index (χ1v) is 3.29. The van der Waals surface area contributed by atoms with Gasteiger partial charge in [0, 0.05) is 6.07 Å². The van der Waals surface area contributed by atoms with Crippen LogP contribution in [0, 0.1) is 6.92 Å². The second kappa shape index (κ2) is 3.25. The van der Waals surface area contributed by atoms with E-state index < -0.39 is 0 Å². The van der Waals surface area contributed by atoms with Crippen molar-refractivity contribution in [3.8, 4) is 11.5 Å². The lowest BCUT2D eigenvalue weighted by atomic mass is 10.2. The van der Waals surface area contributed by atoms with E-state index in [2.05, 4.69) is 4.84 Å². The van der Waals surface area contributed by atoms with Crippen LogP contribution in [-0.2, 0) is 0 Å². The summed E-state index contributed by atoms with van der Waals surface area (Å²) in [6.07, 6.45) is 0. The second-order valence-electron chi connectivity index (χ2n) is 2.25. The fourth-order valence-corrected chi connectivity index (χ4v) is 0.874. The van der Waals surface area contributed by atoms with E-state index in [0.29, 0.717) is 5.75 Å². The molecule has 0 heterocycles. The summed E-state index contributed by atoms with van der Waals surface area (Å²) in [5, 5.41) is 0. The fraction of sp³-hybridized carbons (Fsp3) is 0.250. The van der Waals surface area contributed by atoms with E-state index in [9.17, 15) is 0 Å². The highest BCUT2D eigenvalue weighted by atomic mass is 16.6. The van der Waals surface area contributed by atoms with Crippen LogP contribution in [0.3, 0.4) is 0 Å². The smallest absolute Gasteiger partial charge is 0.150 e. The van der Waals surface area contributed by atoms with Crippen LogP contribution in [0.4, 0.5) is 0 Å². The van der Waals surface area contributed by atoms with Gasteiger partial charge in [-0.15, -0.1) is 0 Å². The van der Waals surface area contributed by atoms with E-state index in [1.54, 1.807) is 19.2 Å². The van der Waals surface area contributed by atoms with Crippen molar-refractivity contribution < 1.29 is 9.57 Å². The van der Waals surface area contributed by atoms with Crippen molar-refractivity contribution >= 4 is 0 Å². The first-order chi connectivity index (χ1) is 5.27. The van der Waals surface area contributed by atoms with Crippen LogP contribution in [0.15, 0.2) is 18.2 Å². The Morgan fingerprint density at radius 3 is 2.64 bits per heavy atom. The van der Waals surface area contributed by atoms with Gasteiger partial charge in [0.25, 0.3) is 0 Å². The molecular weight excluding hydrogens is 142 g/mol. The Balaban J connectivity index is 3.02. The topological polar surface area (TPSA) is 44.5 Å². The van der Waals surface area contributed by atoms with Gasteiger partial charge in [0.15, 0.2) is 5.75 Å². The number of rotatable bonds is 2. The maximum Gasteiger partial charge on any atom is 0.150 e. The van der Waals surface area contributed by atoms with Gasteiger partial charge < -0.3 is 9.57 Å². The summed E-state index contributed by atoms with van der Waals surface area (Å²) in [5.41, 5.74) is 1.06. The normalized spacial score (nSPS) is 9.36. The minimum Gasteiger partial charge on any atom is -0.496 e. The average molecular weight is 153 g/mol. The number of hydrogen-bond acceptors (Lipinski definition) is 3. The molecule has 0 amide bonds. The highest BCUT2D eigenvalue weighted by Gasteiger charge is 1.98. The molecular formula is C8H11NO2. The third kappa shape index (κ3) is 1.62. The van der Waals surface area contributed by atoms with Gasteiger partial charge in [0.05, 0.1) is 7.11 Å². The molecule has 0 aliphatic heterocycles. The summed E-state index contributed by atoms with van der Waals surface area (Å²) in [4.78, 5) is 4.53. The van der Waals surface area contributed by atoms with Crippen LogP contribution in [0.5, 0.6) is 11.5 Å². The molecule has 0 atom stereocenters. The molecule has 0 fully saturated rings. The van der Waals surface area contributed by atoms with Gasteiger partial charge in [0.1, 0.15) is 5.75 Å². The molecule has 0 bridgehead atoms. The van der Waals surface area contributed by atoms with Crippen molar-refractivity contribution in [2.24, 2.45) is 5.90 Å². The molecule has 0 spiro atoms. The molecule has 3 heteroatoms. The Hall–Kier alpha value is -1.22. The summed E-state index contributed by atoms with van der Waals surface area (Å²) in [5.74, 6) is 6.36. The summed E-state index contributed by atoms with van der Waals surface area (Å²) in [6, 6.07) is 5.42. The summed E-state index contributed by atoms with van der Waals surface area (Å²) < 4.78 is 5.05. The molecule has 0 aliphatic rings. The van der Waals surface area contributed by atoms with Crippen molar-refractivity contribution in [3.05, 3.63) is 23.8 Å². The van der Waals surface area contributed by atoms with Gasteiger partial charge in [-0.25, -0.2) is 0 Å². The molecule has 1 aromatic rings. The van der Waals surface area contributed by atoms with Crippen LogP contribution in [0.25, 0.3) is 0 Å². The van der Waals surface area contributed by atoms with Crippen LogP contribution in [-0.4, -0.2) is 7.11 Å². The van der Waals surface area contributed by atoms with Crippen molar-refractivity contribution in [2.75, 3.05) is 7.11 Å². The van der Waals surface area contributed by atoms with Crippen molar-refractivity contribution in [1.29, 1.82) is 0 Å². The zero-order chi connectivity index (χ0) is 8.27. The highest BCUT2D eigenvalue weighted by molar-refractivity contribution is 5.39. The lowest BCUT2D eigenvalue weighted by molar-refractivity contribution is 0.330. The number of ether oxygens (including phenoxy) is 1. The molecule has 1 aromatic carbocycles. The number of methoxy groups -OCH3 is 1. The number of aryl methyl sites for hydroxylation is 1. The van der Waals surface area contributed by atoms with Crippen molar-refractivity contribution in [2.45, 2.75) is 6.92 Å². The van der Waals surface area contributed by atoms with Gasteiger partial charge >= 0.3 is 0 Å².